The van der Waals surface area contributed by atoms with Crippen LogP contribution in [0.1, 0.15) is 11.1 Å². The van der Waals surface area contributed by atoms with Crippen LogP contribution < -0.4 is 0 Å². The summed E-state index contributed by atoms with van der Waals surface area (Å²) in [5.41, 5.74) is 2.60. The van der Waals surface area contributed by atoms with Gasteiger partial charge in [0.25, 0.3) is 0 Å². The highest BCUT2D eigenvalue weighted by molar-refractivity contribution is 5.17. The molecule has 0 aliphatic carbocycles. The van der Waals surface area contributed by atoms with Crippen LogP contribution in [-0.4, -0.2) is 38.4 Å². The highest BCUT2D eigenvalue weighted by Gasteiger charge is 2.19. The first-order chi connectivity index (χ1) is 10.8. The zero-order chi connectivity index (χ0) is 15.6. The van der Waals surface area contributed by atoms with Crippen LogP contribution in [-0.2, 0) is 22.6 Å². The fraction of sp³-hybridized carbons (Fsp3) is 0.368. The molecule has 3 heteroatoms. The largest absolute Gasteiger partial charge is 0.383 e. The second kappa shape index (κ2) is 9.36. The highest BCUT2D eigenvalue weighted by atomic mass is 16.5. The molecule has 0 saturated carbocycles. The van der Waals surface area contributed by atoms with Gasteiger partial charge < -0.3 is 9.47 Å². The maximum absolute atomic E-state index is 5.39. The molecule has 0 fully saturated rings. The molecule has 0 N–H and O–H groups in total. The van der Waals surface area contributed by atoms with Gasteiger partial charge in [-0.25, -0.2) is 0 Å². The zero-order valence-electron chi connectivity index (χ0n) is 13.4. The lowest BCUT2D eigenvalue weighted by atomic mass is 10.1. The van der Waals surface area contributed by atoms with Crippen molar-refractivity contribution in [1.82, 2.24) is 4.90 Å². The molecular weight excluding hydrogens is 274 g/mol. The molecule has 3 nitrogen and oxygen atoms in total. The zero-order valence-corrected chi connectivity index (χ0v) is 13.4. The molecule has 0 spiro atoms. The minimum Gasteiger partial charge on any atom is -0.383 e. The Morgan fingerprint density at radius 3 is 1.50 bits per heavy atom. The average Bonchev–Trinajstić information content (AvgIpc) is 2.56. The second-order valence-electron chi connectivity index (χ2n) is 5.44. The monoisotopic (exact) mass is 299 g/mol. The Kier molecular flexibility index (Phi) is 7.10. The van der Waals surface area contributed by atoms with Gasteiger partial charge in [-0.2, -0.15) is 0 Å². The predicted octanol–water partition coefficient (Wildman–Crippen LogP) is 3.35. The van der Waals surface area contributed by atoms with E-state index >= 15 is 0 Å². The van der Waals surface area contributed by atoms with Crippen LogP contribution in [0.3, 0.4) is 0 Å². The number of hydrogen-bond acceptors (Lipinski definition) is 3. The van der Waals surface area contributed by atoms with E-state index in [1.54, 1.807) is 14.2 Å². The summed E-state index contributed by atoms with van der Waals surface area (Å²) in [6.45, 7) is 3.08. The minimum absolute atomic E-state index is 0.232. The molecule has 0 unspecified atom stereocenters. The van der Waals surface area contributed by atoms with Crippen molar-refractivity contribution < 1.29 is 9.47 Å². The fourth-order valence-corrected chi connectivity index (χ4v) is 2.59. The van der Waals surface area contributed by atoms with Crippen LogP contribution in [0.4, 0.5) is 0 Å². The summed E-state index contributed by atoms with van der Waals surface area (Å²) < 4.78 is 10.8. The summed E-state index contributed by atoms with van der Waals surface area (Å²) in [5, 5.41) is 0. The molecule has 2 aromatic rings. The molecule has 0 bridgehead atoms. The van der Waals surface area contributed by atoms with E-state index in [1.807, 2.05) is 12.1 Å². The summed E-state index contributed by atoms with van der Waals surface area (Å²) >= 11 is 0. The smallest absolute Gasteiger partial charge is 0.0640 e. The Morgan fingerprint density at radius 2 is 1.14 bits per heavy atom. The van der Waals surface area contributed by atoms with Crippen molar-refractivity contribution in [2.45, 2.75) is 19.1 Å². The number of hydrogen-bond donors (Lipinski definition) is 0. The fourth-order valence-electron chi connectivity index (χ4n) is 2.59. The van der Waals surface area contributed by atoms with Gasteiger partial charge in [-0.3, -0.25) is 4.90 Å². The van der Waals surface area contributed by atoms with Crippen molar-refractivity contribution in [3.8, 4) is 0 Å². The minimum atomic E-state index is 0.232. The summed E-state index contributed by atoms with van der Waals surface area (Å²) in [6.07, 6.45) is 0. The Morgan fingerprint density at radius 1 is 0.727 bits per heavy atom. The lowest BCUT2D eigenvalue weighted by Gasteiger charge is -2.31. The lowest BCUT2D eigenvalue weighted by Crippen LogP contribution is -2.40. The molecule has 0 amide bonds. The molecule has 22 heavy (non-hydrogen) atoms. The van der Waals surface area contributed by atoms with Crippen LogP contribution in [0.25, 0.3) is 0 Å². The summed E-state index contributed by atoms with van der Waals surface area (Å²) in [4.78, 5) is 2.41. The standard InChI is InChI=1S/C19H25NO2/c1-21-15-19(16-22-2)20(13-17-9-5-3-6-10-17)14-18-11-7-4-8-12-18/h3-12,19H,13-16H2,1-2H3. The van der Waals surface area contributed by atoms with Gasteiger partial charge in [-0.15, -0.1) is 0 Å². The van der Waals surface area contributed by atoms with E-state index in [2.05, 4.69) is 53.4 Å². The number of ether oxygens (including phenoxy) is 2. The first kappa shape index (κ1) is 16.7. The first-order valence-corrected chi connectivity index (χ1v) is 7.63. The number of benzene rings is 2. The van der Waals surface area contributed by atoms with Crippen LogP contribution in [0.5, 0.6) is 0 Å². The number of nitrogens with zero attached hydrogens (tertiary/aromatic N) is 1. The van der Waals surface area contributed by atoms with Crippen molar-refractivity contribution in [3.63, 3.8) is 0 Å². The van der Waals surface area contributed by atoms with Crippen LogP contribution in [0.2, 0.25) is 0 Å². The van der Waals surface area contributed by atoms with Crippen LogP contribution in [0, 0.1) is 0 Å². The molecule has 0 heterocycles. The third kappa shape index (κ3) is 5.26. The predicted molar refractivity (Wildman–Crippen MR) is 89.7 cm³/mol. The van der Waals surface area contributed by atoms with Gasteiger partial charge in [0.05, 0.1) is 19.3 Å². The topological polar surface area (TPSA) is 21.7 Å². The molecule has 0 aromatic heterocycles. The van der Waals surface area contributed by atoms with Crippen molar-refractivity contribution in [2.24, 2.45) is 0 Å². The van der Waals surface area contributed by atoms with Crippen molar-refractivity contribution in [1.29, 1.82) is 0 Å². The van der Waals surface area contributed by atoms with E-state index in [9.17, 15) is 0 Å². The van der Waals surface area contributed by atoms with Crippen molar-refractivity contribution >= 4 is 0 Å². The van der Waals surface area contributed by atoms with Crippen LogP contribution >= 0.6 is 0 Å². The molecule has 0 saturated heterocycles. The first-order valence-electron chi connectivity index (χ1n) is 7.63. The Bertz CT molecular complexity index is 468. The Labute approximate surface area is 133 Å². The quantitative estimate of drug-likeness (QED) is 0.709. The second-order valence-corrected chi connectivity index (χ2v) is 5.44. The van der Waals surface area contributed by atoms with Gasteiger partial charge in [0, 0.05) is 27.3 Å². The van der Waals surface area contributed by atoms with E-state index in [4.69, 9.17) is 9.47 Å². The number of rotatable bonds is 9. The molecule has 0 aliphatic rings. The lowest BCUT2D eigenvalue weighted by molar-refractivity contribution is 0.0276. The molecule has 0 radical (unpaired) electrons. The van der Waals surface area contributed by atoms with Gasteiger partial charge >= 0.3 is 0 Å². The Hall–Kier alpha value is -1.68. The normalized spacial score (nSPS) is 11.3. The Balaban J connectivity index is 2.14. The molecule has 2 rings (SSSR count). The third-order valence-corrected chi connectivity index (χ3v) is 3.69. The van der Waals surface area contributed by atoms with E-state index in [0.717, 1.165) is 13.1 Å². The maximum Gasteiger partial charge on any atom is 0.0640 e. The highest BCUT2D eigenvalue weighted by Crippen LogP contribution is 2.14. The van der Waals surface area contributed by atoms with Gasteiger partial charge in [-0.1, -0.05) is 60.7 Å². The molecule has 118 valence electrons. The van der Waals surface area contributed by atoms with Gasteiger partial charge in [0.15, 0.2) is 0 Å². The molecular formula is C19H25NO2. The molecule has 2 aromatic carbocycles. The van der Waals surface area contributed by atoms with Crippen molar-refractivity contribution in [3.05, 3.63) is 71.8 Å². The number of methoxy groups -OCH3 is 2. The summed E-state index contributed by atoms with van der Waals surface area (Å²) in [6, 6.07) is 21.3. The van der Waals surface area contributed by atoms with E-state index in [-0.39, 0.29) is 6.04 Å². The third-order valence-electron chi connectivity index (χ3n) is 3.69. The van der Waals surface area contributed by atoms with Gasteiger partial charge in [0.2, 0.25) is 0 Å². The molecule has 0 atom stereocenters. The van der Waals surface area contributed by atoms with Gasteiger partial charge in [0.1, 0.15) is 0 Å². The average molecular weight is 299 g/mol. The maximum atomic E-state index is 5.39. The molecule has 0 aliphatic heterocycles. The summed E-state index contributed by atoms with van der Waals surface area (Å²) in [7, 11) is 3.48. The summed E-state index contributed by atoms with van der Waals surface area (Å²) in [5.74, 6) is 0. The van der Waals surface area contributed by atoms with Crippen molar-refractivity contribution in [2.75, 3.05) is 27.4 Å². The van der Waals surface area contributed by atoms with Gasteiger partial charge in [-0.05, 0) is 11.1 Å². The van der Waals surface area contributed by atoms with E-state index < -0.39 is 0 Å². The van der Waals surface area contributed by atoms with Crippen LogP contribution in [0.15, 0.2) is 60.7 Å². The van der Waals surface area contributed by atoms with E-state index in [0.29, 0.717) is 13.2 Å². The SMILES string of the molecule is COCC(COC)N(Cc1ccccc1)Cc1ccccc1. The van der Waals surface area contributed by atoms with E-state index in [1.165, 1.54) is 11.1 Å².